The largest absolute Gasteiger partial charge is 0.375 e. The van der Waals surface area contributed by atoms with Crippen LogP contribution in [0.3, 0.4) is 0 Å². The molecule has 0 unspecified atom stereocenters. The molecule has 2 N–H and O–H groups in total. The Balaban J connectivity index is 2.03. The summed E-state index contributed by atoms with van der Waals surface area (Å²) in [7, 11) is 0. The minimum atomic E-state index is -0.0406. The topological polar surface area (TPSA) is 41.1 Å². The van der Waals surface area contributed by atoms with Crippen LogP contribution in [0.1, 0.15) is 39.9 Å². The van der Waals surface area contributed by atoms with Gasteiger partial charge in [0.25, 0.3) is 5.91 Å². The molecule has 1 aromatic carbocycles. The zero-order valence-corrected chi connectivity index (χ0v) is 9.39. The van der Waals surface area contributed by atoms with Crippen molar-refractivity contribution in [2.75, 3.05) is 0 Å². The van der Waals surface area contributed by atoms with E-state index < -0.39 is 0 Å². The summed E-state index contributed by atoms with van der Waals surface area (Å²) in [6.45, 7) is 7.92. The summed E-state index contributed by atoms with van der Waals surface area (Å²) in [6.07, 6.45) is 2.25. The number of hydrogen-bond acceptors (Lipinski definition) is 2. The van der Waals surface area contributed by atoms with Gasteiger partial charge in [0.05, 0.1) is 5.54 Å². The fourth-order valence-corrected chi connectivity index (χ4v) is 2.90. The Bertz CT molecular complexity index is 623. The Hall–Kier alpha value is -2.03. The molecule has 2 aliphatic heterocycles. The Kier molecular flexibility index (Phi) is 1.30. The van der Waals surface area contributed by atoms with Gasteiger partial charge in [-0.2, -0.15) is 0 Å². The second-order valence-corrected chi connectivity index (χ2v) is 5.06. The molecule has 4 rings (SSSR count). The molecule has 2 heterocycles. The van der Waals surface area contributed by atoms with Crippen LogP contribution in [0, 0.1) is 0 Å². The molecule has 0 radical (unpaired) electrons. The third-order valence-electron chi connectivity index (χ3n) is 3.97. The average Bonchev–Trinajstić information content (AvgIpc) is 2.94. The molecule has 84 valence electrons. The number of fused-ring (bicyclic) bond motifs is 3. The van der Waals surface area contributed by atoms with Crippen LogP contribution in [0.4, 0.5) is 0 Å². The number of nitrogens with one attached hydrogen (secondary N) is 2. The third kappa shape index (κ3) is 0.947. The lowest BCUT2D eigenvalue weighted by Gasteiger charge is -2.09. The molecule has 1 fully saturated rings. The molecule has 1 aromatic rings. The van der Waals surface area contributed by atoms with E-state index in [0.717, 1.165) is 35.2 Å². The maximum atomic E-state index is 11.8. The van der Waals surface area contributed by atoms with Crippen LogP contribution >= 0.6 is 0 Å². The van der Waals surface area contributed by atoms with E-state index in [1.807, 2.05) is 12.1 Å². The molecule has 1 aliphatic carbocycles. The molecule has 17 heavy (non-hydrogen) atoms. The molecule has 0 saturated heterocycles. The van der Waals surface area contributed by atoms with E-state index in [-0.39, 0.29) is 11.4 Å². The summed E-state index contributed by atoms with van der Waals surface area (Å²) >= 11 is 0. The smallest absolute Gasteiger partial charge is 0.256 e. The number of benzene rings is 1. The van der Waals surface area contributed by atoms with E-state index in [0.29, 0.717) is 5.70 Å². The van der Waals surface area contributed by atoms with E-state index in [4.69, 9.17) is 0 Å². The predicted octanol–water partition coefficient (Wildman–Crippen LogP) is 1.96. The summed E-state index contributed by atoms with van der Waals surface area (Å²) in [4.78, 5) is 11.8. The van der Waals surface area contributed by atoms with Gasteiger partial charge in [-0.25, -0.2) is 0 Å². The Morgan fingerprint density at radius 1 is 1.06 bits per heavy atom. The zero-order valence-electron chi connectivity index (χ0n) is 9.39. The van der Waals surface area contributed by atoms with Crippen LogP contribution in [-0.4, -0.2) is 5.91 Å². The van der Waals surface area contributed by atoms with Gasteiger partial charge in [-0.05, 0) is 30.5 Å². The highest BCUT2D eigenvalue weighted by molar-refractivity contribution is 6.09. The molecular weight excluding hydrogens is 212 g/mol. The van der Waals surface area contributed by atoms with E-state index >= 15 is 0 Å². The first kappa shape index (κ1) is 9.05. The first-order valence-corrected chi connectivity index (χ1v) is 5.77. The normalized spacial score (nSPS) is 22.2. The van der Waals surface area contributed by atoms with Crippen molar-refractivity contribution in [3.63, 3.8) is 0 Å². The van der Waals surface area contributed by atoms with Gasteiger partial charge in [-0.15, -0.1) is 0 Å². The predicted molar refractivity (Wildman–Crippen MR) is 66.0 cm³/mol. The van der Waals surface area contributed by atoms with Gasteiger partial charge < -0.3 is 10.6 Å². The molecular formula is C14H12N2O. The summed E-state index contributed by atoms with van der Waals surface area (Å²) in [5.74, 6) is -0.0406. The van der Waals surface area contributed by atoms with Crippen molar-refractivity contribution >= 4 is 17.3 Å². The first-order chi connectivity index (χ1) is 8.11. The zero-order chi connectivity index (χ0) is 11.8. The number of carbonyl (C=O) groups excluding carboxylic acids is 1. The highest BCUT2D eigenvalue weighted by atomic mass is 16.1. The Labute approximate surface area is 99.2 Å². The molecule has 1 saturated carbocycles. The molecule has 3 heteroatoms. The Morgan fingerprint density at radius 3 is 2.53 bits per heavy atom. The lowest BCUT2D eigenvalue weighted by molar-refractivity contribution is 0.0981. The van der Waals surface area contributed by atoms with Crippen LogP contribution in [0.5, 0.6) is 0 Å². The van der Waals surface area contributed by atoms with Gasteiger partial charge >= 0.3 is 0 Å². The quantitative estimate of drug-likeness (QED) is 0.707. The summed E-state index contributed by atoms with van der Waals surface area (Å²) in [6, 6.07) is 4.05. The highest BCUT2D eigenvalue weighted by Gasteiger charge is 2.50. The number of carbonyl (C=O) groups is 1. The second-order valence-electron chi connectivity index (χ2n) is 5.06. The molecule has 1 spiro atoms. The van der Waals surface area contributed by atoms with E-state index in [2.05, 4.69) is 23.8 Å². The van der Waals surface area contributed by atoms with E-state index in [1.165, 1.54) is 5.56 Å². The molecule has 3 nitrogen and oxygen atoms in total. The lowest BCUT2D eigenvalue weighted by atomic mass is 9.96. The van der Waals surface area contributed by atoms with Crippen LogP contribution in [0.15, 0.2) is 25.3 Å². The van der Waals surface area contributed by atoms with Crippen molar-refractivity contribution in [2.45, 2.75) is 18.4 Å². The van der Waals surface area contributed by atoms with Crippen LogP contribution in [0.25, 0.3) is 11.4 Å². The third-order valence-corrected chi connectivity index (χ3v) is 3.97. The second kappa shape index (κ2) is 2.45. The van der Waals surface area contributed by atoms with Gasteiger partial charge in [-0.3, -0.25) is 4.79 Å². The van der Waals surface area contributed by atoms with Crippen molar-refractivity contribution in [3.8, 4) is 0 Å². The molecule has 0 bridgehead atoms. The minimum absolute atomic E-state index is 0.0406. The number of hydrogen-bond donors (Lipinski definition) is 2. The standard InChI is InChI=1S/C14H12N2O/c1-7-9-5-10-8(2)16-14(3-4-14)12(10)6-11(9)13(17)15-7/h5-6,16H,1-4H2,(H,15,17). The molecule has 1 amide bonds. The van der Waals surface area contributed by atoms with Crippen molar-refractivity contribution in [1.29, 1.82) is 0 Å². The SMILES string of the molecule is C=C1NC(=O)c2cc3c(cc21)C(=C)NC31CC1. The Morgan fingerprint density at radius 2 is 1.82 bits per heavy atom. The fourth-order valence-electron chi connectivity index (χ4n) is 2.90. The van der Waals surface area contributed by atoms with Crippen LogP contribution in [-0.2, 0) is 5.54 Å². The maximum Gasteiger partial charge on any atom is 0.256 e. The van der Waals surface area contributed by atoms with Crippen molar-refractivity contribution in [1.82, 2.24) is 10.6 Å². The minimum Gasteiger partial charge on any atom is -0.375 e. The van der Waals surface area contributed by atoms with Crippen LogP contribution < -0.4 is 10.6 Å². The van der Waals surface area contributed by atoms with Crippen LogP contribution in [0.2, 0.25) is 0 Å². The van der Waals surface area contributed by atoms with Gasteiger partial charge in [-0.1, -0.05) is 13.2 Å². The first-order valence-electron chi connectivity index (χ1n) is 5.77. The monoisotopic (exact) mass is 224 g/mol. The van der Waals surface area contributed by atoms with Crippen molar-refractivity contribution in [2.24, 2.45) is 0 Å². The fraction of sp³-hybridized carbons (Fsp3) is 0.214. The van der Waals surface area contributed by atoms with E-state index in [9.17, 15) is 4.79 Å². The van der Waals surface area contributed by atoms with Crippen molar-refractivity contribution in [3.05, 3.63) is 47.5 Å². The van der Waals surface area contributed by atoms with Gasteiger partial charge in [0, 0.05) is 28.1 Å². The van der Waals surface area contributed by atoms with Gasteiger partial charge in [0.1, 0.15) is 0 Å². The summed E-state index contributed by atoms with van der Waals surface area (Å²) < 4.78 is 0. The summed E-state index contributed by atoms with van der Waals surface area (Å²) in [5.41, 5.74) is 5.76. The van der Waals surface area contributed by atoms with Crippen molar-refractivity contribution < 1.29 is 4.79 Å². The van der Waals surface area contributed by atoms with E-state index in [1.54, 1.807) is 0 Å². The molecule has 0 aromatic heterocycles. The number of amides is 1. The van der Waals surface area contributed by atoms with Gasteiger partial charge in [0.2, 0.25) is 0 Å². The maximum absolute atomic E-state index is 11.8. The molecule has 0 atom stereocenters. The van der Waals surface area contributed by atoms with Gasteiger partial charge in [0.15, 0.2) is 0 Å². The molecule has 3 aliphatic rings. The lowest BCUT2D eigenvalue weighted by Crippen LogP contribution is -2.19. The highest BCUT2D eigenvalue weighted by Crippen LogP contribution is 2.54. The number of rotatable bonds is 0. The average molecular weight is 224 g/mol. The summed E-state index contributed by atoms with van der Waals surface area (Å²) in [5, 5.41) is 6.21.